The van der Waals surface area contributed by atoms with Crippen LogP contribution in [0.3, 0.4) is 0 Å². The monoisotopic (exact) mass is 298 g/mol. The Bertz CT molecular complexity index is 401. The summed E-state index contributed by atoms with van der Waals surface area (Å²) in [5.41, 5.74) is -0.425. The maximum Gasteiger partial charge on any atom is 0.308 e. The van der Waals surface area contributed by atoms with Gasteiger partial charge in [0.25, 0.3) is 0 Å². The van der Waals surface area contributed by atoms with Crippen molar-refractivity contribution < 1.29 is 19.5 Å². The predicted molar refractivity (Wildman–Crippen MR) is 78.6 cm³/mol. The molecule has 120 valence electrons. The van der Waals surface area contributed by atoms with Crippen molar-refractivity contribution in [2.45, 2.75) is 46.5 Å². The molecular formula is C15H26N2O4. The van der Waals surface area contributed by atoms with Crippen LogP contribution in [0.4, 0.5) is 0 Å². The average molecular weight is 298 g/mol. The summed E-state index contributed by atoms with van der Waals surface area (Å²) >= 11 is 0. The molecule has 0 unspecified atom stereocenters. The summed E-state index contributed by atoms with van der Waals surface area (Å²) in [4.78, 5) is 36.3. The number of aliphatic carboxylic acids is 1. The summed E-state index contributed by atoms with van der Waals surface area (Å²) in [6.45, 7) is 6.94. The molecule has 2 N–H and O–H groups in total. The Labute approximate surface area is 125 Å². The first-order chi connectivity index (χ1) is 9.71. The summed E-state index contributed by atoms with van der Waals surface area (Å²) in [5.74, 6) is -1.32. The highest BCUT2D eigenvalue weighted by atomic mass is 16.4. The maximum absolute atomic E-state index is 12.0. The van der Waals surface area contributed by atoms with Gasteiger partial charge in [-0.05, 0) is 19.3 Å². The van der Waals surface area contributed by atoms with Crippen LogP contribution in [-0.4, -0.2) is 47.4 Å². The van der Waals surface area contributed by atoms with Crippen molar-refractivity contribution in [1.82, 2.24) is 10.2 Å². The van der Waals surface area contributed by atoms with Crippen molar-refractivity contribution in [3.8, 4) is 0 Å². The van der Waals surface area contributed by atoms with Gasteiger partial charge < -0.3 is 15.3 Å². The van der Waals surface area contributed by atoms with Crippen LogP contribution in [0.1, 0.15) is 46.5 Å². The van der Waals surface area contributed by atoms with Crippen molar-refractivity contribution in [2.24, 2.45) is 11.3 Å². The Hall–Kier alpha value is -1.59. The van der Waals surface area contributed by atoms with Gasteiger partial charge in [0.1, 0.15) is 0 Å². The zero-order valence-corrected chi connectivity index (χ0v) is 13.1. The molecule has 2 amide bonds. The first kappa shape index (κ1) is 17.5. The highest BCUT2D eigenvalue weighted by Gasteiger charge is 2.27. The predicted octanol–water partition coefficient (Wildman–Crippen LogP) is 1.25. The van der Waals surface area contributed by atoms with Crippen LogP contribution in [0.2, 0.25) is 0 Å². The van der Waals surface area contributed by atoms with Crippen LogP contribution in [-0.2, 0) is 14.4 Å². The van der Waals surface area contributed by atoms with Gasteiger partial charge in [-0.25, -0.2) is 0 Å². The number of carboxylic acids is 1. The van der Waals surface area contributed by atoms with Gasteiger partial charge in [-0.1, -0.05) is 20.8 Å². The molecule has 1 rings (SSSR count). The number of piperidine rings is 1. The molecule has 1 saturated heterocycles. The third kappa shape index (κ3) is 5.73. The Kier molecular flexibility index (Phi) is 6.18. The topological polar surface area (TPSA) is 86.7 Å². The van der Waals surface area contributed by atoms with E-state index in [1.54, 1.807) is 4.90 Å². The smallest absolute Gasteiger partial charge is 0.308 e. The van der Waals surface area contributed by atoms with Crippen LogP contribution < -0.4 is 5.32 Å². The number of amides is 2. The van der Waals surface area contributed by atoms with Crippen molar-refractivity contribution in [2.75, 3.05) is 19.6 Å². The van der Waals surface area contributed by atoms with Crippen LogP contribution in [0.25, 0.3) is 0 Å². The van der Waals surface area contributed by atoms with E-state index in [0.29, 0.717) is 38.9 Å². The van der Waals surface area contributed by atoms with Gasteiger partial charge in [0.2, 0.25) is 11.8 Å². The Morgan fingerprint density at radius 2 is 1.95 bits per heavy atom. The molecule has 6 nitrogen and oxygen atoms in total. The highest BCUT2D eigenvalue weighted by Crippen LogP contribution is 2.17. The van der Waals surface area contributed by atoms with Crippen LogP contribution >= 0.6 is 0 Å². The van der Waals surface area contributed by atoms with Gasteiger partial charge in [0, 0.05) is 31.5 Å². The number of rotatable bonds is 5. The molecule has 1 fully saturated rings. The first-order valence-corrected chi connectivity index (χ1v) is 7.50. The van der Waals surface area contributed by atoms with Gasteiger partial charge in [0.05, 0.1) is 5.92 Å². The van der Waals surface area contributed by atoms with Crippen LogP contribution in [0.15, 0.2) is 0 Å². The second kappa shape index (κ2) is 7.43. The number of likely N-dealkylation sites (tertiary alicyclic amines) is 1. The lowest BCUT2D eigenvalue weighted by atomic mass is 9.95. The van der Waals surface area contributed by atoms with Crippen molar-refractivity contribution in [1.29, 1.82) is 0 Å². The molecule has 1 aliphatic heterocycles. The third-order valence-corrected chi connectivity index (χ3v) is 3.66. The normalized spacial score (nSPS) is 19.2. The first-order valence-electron chi connectivity index (χ1n) is 7.50. The molecule has 0 spiro atoms. The Morgan fingerprint density at radius 3 is 2.52 bits per heavy atom. The van der Waals surface area contributed by atoms with E-state index in [-0.39, 0.29) is 11.8 Å². The largest absolute Gasteiger partial charge is 0.481 e. The number of carboxylic acid groups (broad SMARTS) is 1. The lowest BCUT2D eigenvalue weighted by Gasteiger charge is -2.30. The van der Waals surface area contributed by atoms with Gasteiger partial charge in [-0.2, -0.15) is 0 Å². The van der Waals surface area contributed by atoms with E-state index in [2.05, 4.69) is 5.32 Å². The van der Waals surface area contributed by atoms with Gasteiger partial charge >= 0.3 is 5.97 Å². The van der Waals surface area contributed by atoms with Gasteiger partial charge in [0.15, 0.2) is 0 Å². The van der Waals surface area contributed by atoms with E-state index in [4.69, 9.17) is 5.11 Å². The fourth-order valence-electron chi connectivity index (χ4n) is 2.27. The molecule has 0 bridgehead atoms. The summed E-state index contributed by atoms with van der Waals surface area (Å²) in [5, 5.41) is 11.8. The average Bonchev–Trinajstić information content (AvgIpc) is 2.42. The highest BCUT2D eigenvalue weighted by molar-refractivity contribution is 5.81. The van der Waals surface area contributed by atoms with Gasteiger partial charge in [-0.15, -0.1) is 0 Å². The van der Waals surface area contributed by atoms with E-state index in [1.165, 1.54) is 0 Å². The molecule has 0 aromatic rings. The molecule has 0 aliphatic carbocycles. The molecule has 0 aromatic carbocycles. The molecular weight excluding hydrogens is 272 g/mol. The second-order valence-electron chi connectivity index (χ2n) is 6.63. The molecule has 0 aromatic heterocycles. The lowest BCUT2D eigenvalue weighted by Crippen LogP contribution is -2.42. The Morgan fingerprint density at radius 1 is 1.29 bits per heavy atom. The van der Waals surface area contributed by atoms with Crippen molar-refractivity contribution >= 4 is 17.8 Å². The molecule has 0 saturated carbocycles. The summed E-state index contributed by atoms with van der Waals surface area (Å²) in [6.07, 6.45) is 2.30. The minimum absolute atomic E-state index is 0.0223. The van der Waals surface area contributed by atoms with E-state index in [9.17, 15) is 14.4 Å². The zero-order chi connectivity index (χ0) is 16.0. The Balaban J connectivity index is 2.28. The minimum atomic E-state index is -0.829. The minimum Gasteiger partial charge on any atom is -0.481 e. The van der Waals surface area contributed by atoms with Crippen LogP contribution in [0.5, 0.6) is 0 Å². The van der Waals surface area contributed by atoms with Crippen LogP contribution in [0, 0.1) is 11.3 Å². The van der Waals surface area contributed by atoms with Crippen molar-refractivity contribution in [3.05, 3.63) is 0 Å². The molecule has 1 atom stereocenters. The fourth-order valence-corrected chi connectivity index (χ4v) is 2.27. The number of hydrogen-bond donors (Lipinski definition) is 2. The summed E-state index contributed by atoms with van der Waals surface area (Å²) in [6, 6.07) is 0. The van der Waals surface area contributed by atoms with E-state index >= 15 is 0 Å². The number of nitrogens with one attached hydrogen (secondary N) is 1. The maximum atomic E-state index is 12.0. The molecule has 6 heteroatoms. The fraction of sp³-hybridized carbons (Fsp3) is 0.800. The number of carbonyl (C=O) groups is 3. The third-order valence-electron chi connectivity index (χ3n) is 3.66. The summed E-state index contributed by atoms with van der Waals surface area (Å²) in [7, 11) is 0. The van der Waals surface area contributed by atoms with Crippen molar-refractivity contribution in [3.63, 3.8) is 0 Å². The molecule has 21 heavy (non-hydrogen) atoms. The molecule has 1 aliphatic rings. The van der Waals surface area contributed by atoms with E-state index < -0.39 is 17.3 Å². The number of carbonyl (C=O) groups excluding carboxylic acids is 2. The molecule has 0 radical (unpaired) electrons. The zero-order valence-electron chi connectivity index (χ0n) is 13.1. The number of hydrogen-bond acceptors (Lipinski definition) is 3. The summed E-state index contributed by atoms with van der Waals surface area (Å²) < 4.78 is 0. The SMILES string of the molecule is CC(C)(C)C(=O)NCCCC(=O)N1CCC[C@H](C(=O)O)C1. The van der Waals surface area contributed by atoms with E-state index in [1.807, 2.05) is 20.8 Å². The standard InChI is InChI=1S/C15H26N2O4/c1-15(2,3)14(21)16-8-4-7-12(18)17-9-5-6-11(10-17)13(19)20/h11H,4-10H2,1-3H3,(H,16,21)(H,19,20)/t11-/m0/s1. The number of nitrogens with zero attached hydrogens (tertiary/aromatic N) is 1. The van der Waals surface area contributed by atoms with E-state index in [0.717, 1.165) is 6.42 Å². The second-order valence-corrected chi connectivity index (χ2v) is 6.63. The molecule has 1 heterocycles. The quantitative estimate of drug-likeness (QED) is 0.748. The lowest BCUT2D eigenvalue weighted by molar-refractivity contribution is -0.145. The van der Waals surface area contributed by atoms with Gasteiger partial charge in [-0.3, -0.25) is 14.4 Å².